The smallest absolute Gasteiger partial charge is 0.157 e. The molecule has 0 aliphatic rings. The summed E-state index contributed by atoms with van der Waals surface area (Å²) in [5, 5.41) is 132. The zero-order chi connectivity index (χ0) is 74.0. The molecule has 542 valence electrons. The summed E-state index contributed by atoms with van der Waals surface area (Å²) in [5.74, 6) is -0.844. The molecule has 0 aliphatic heterocycles. The summed E-state index contributed by atoms with van der Waals surface area (Å²) in [6.07, 6.45) is 8.36. The Morgan fingerprint density at radius 2 is 0.505 bits per heavy atom. The van der Waals surface area contributed by atoms with Crippen LogP contribution in [0.3, 0.4) is 0 Å². The molecule has 21 heteroatoms. The minimum atomic E-state index is -0.781. The van der Waals surface area contributed by atoms with E-state index in [0.717, 1.165) is 75.8 Å². The average Bonchev–Trinajstić information content (AvgIpc) is 1.02. The predicted molar refractivity (Wildman–Crippen MR) is 381 cm³/mol. The van der Waals surface area contributed by atoms with Crippen molar-refractivity contribution in [1.29, 1.82) is 0 Å². The maximum absolute atomic E-state index is 12.2. The lowest BCUT2D eigenvalue weighted by atomic mass is 9.99. The van der Waals surface area contributed by atoms with Crippen LogP contribution in [-0.4, -0.2) is 140 Å². The summed E-state index contributed by atoms with van der Waals surface area (Å²) in [4.78, 5) is 48.5. The molecule has 0 heterocycles. The Labute approximate surface area is 589 Å². The first-order valence-corrected chi connectivity index (χ1v) is 33.4. The number of ketones is 4. The number of carbonyl (C=O) groups excluding carboxylic acids is 4. The Morgan fingerprint density at radius 1 is 0.277 bits per heavy atom. The second-order valence-corrected chi connectivity index (χ2v) is 24.9. The molecule has 0 amide bonds. The van der Waals surface area contributed by atoms with Crippen LogP contribution in [0.2, 0.25) is 0 Å². The maximum Gasteiger partial charge on any atom is 0.157 e. The number of Topliss-reactive ketones (excluding diaryl/α,β-unsaturated/α-hetero) is 4. The highest BCUT2D eigenvalue weighted by Gasteiger charge is 2.19. The van der Waals surface area contributed by atoms with Crippen LogP contribution in [0.25, 0.3) is 0 Å². The highest BCUT2D eigenvalue weighted by molar-refractivity contribution is 5.80. The Bertz CT molecular complexity index is 3890. The van der Waals surface area contributed by atoms with E-state index in [1.54, 1.807) is 82.0 Å². The van der Waals surface area contributed by atoms with Crippen molar-refractivity contribution in [3.63, 3.8) is 0 Å². The van der Waals surface area contributed by atoms with Crippen LogP contribution in [0.5, 0.6) is 74.7 Å². The molecule has 0 saturated carbocycles. The standard InChI is InChI=1S/C21H26O4.C20H24O6.C20H24O5.C19H22O6/c1-15-3-4-17(13-21(15)24)8-12-20(25-2)14-19(23)11-7-16-5-9-18(22)10-6-16;1-26-16(7-3-14-5-9-18(23)20(25)11-14)12-15(21)6-2-13-4-8-17(22)19(24)10-13;1-25-18(10-5-14-2-7-16(21)8-3-14)13-17(22)9-4-15-6-11-19(23)20(24)12-15;20-14(5-1-12-3-7-16(22)18(24)9-12)11-15(21)6-2-13-4-8-17(23)19(25)10-13/h3-6,9-10,13,20,22,24H,7-8,11-12,14H2,1-2H3;4-5,8-11,16,22-25H,2-3,6-7,12H2,1H3;2-3,6-8,11-12,18,21,23-24H,4-5,9-10,13H2,1H3;3-4,7-10,14,20,22-25H,1-2,5-6,11H2/t20-;16-;18-;14-/m0000/s1. The molecule has 8 aromatic carbocycles. The first-order valence-electron chi connectivity index (χ1n) is 33.4. The summed E-state index contributed by atoms with van der Waals surface area (Å²) in [7, 11) is 4.79. The number of aliphatic hydroxyl groups is 1. The van der Waals surface area contributed by atoms with Crippen LogP contribution in [-0.2, 0) is 84.8 Å². The molecule has 0 unspecified atom stereocenters. The summed E-state index contributed by atoms with van der Waals surface area (Å²) >= 11 is 0. The molecular weight excluding hydrogens is 1300 g/mol. The zero-order valence-electron chi connectivity index (χ0n) is 57.6. The number of aliphatic hydroxyl groups excluding tert-OH is 1. The van der Waals surface area contributed by atoms with Gasteiger partial charge in [0.15, 0.2) is 57.5 Å². The Kier molecular flexibility index (Phi) is 34.3. The zero-order valence-corrected chi connectivity index (χ0v) is 57.6. The topological polar surface area (TPSA) is 379 Å². The van der Waals surface area contributed by atoms with Gasteiger partial charge in [-0.1, -0.05) is 66.7 Å². The number of rotatable bonds is 35. The van der Waals surface area contributed by atoms with Gasteiger partial charge in [0, 0.05) is 72.7 Å². The van der Waals surface area contributed by atoms with Crippen molar-refractivity contribution in [2.45, 2.75) is 160 Å². The first kappa shape index (κ1) is 81.4. The van der Waals surface area contributed by atoms with Crippen LogP contribution < -0.4 is 0 Å². The van der Waals surface area contributed by atoms with Crippen molar-refractivity contribution in [3.05, 3.63) is 208 Å². The lowest BCUT2D eigenvalue weighted by molar-refractivity contribution is -0.122. The van der Waals surface area contributed by atoms with Gasteiger partial charge in [-0.25, -0.2) is 0 Å². The number of benzene rings is 8. The van der Waals surface area contributed by atoms with Gasteiger partial charge in [-0.2, -0.15) is 0 Å². The van der Waals surface area contributed by atoms with Crippen LogP contribution >= 0.6 is 0 Å². The molecule has 4 atom stereocenters. The number of aryl methyl sites for hydroxylation is 9. The van der Waals surface area contributed by atoms with Gasteiger partial charge in [0.05, 0.1) is 24.4 Å². The van der Waals surface area contributed by atoms with E-state index in [1.807, 2.05) is 43.3 Å². The highest BCUT2D eigenvalue weighted by Crippen LogP contribution is 2.31. The SMILES string of the molecule is CO[C@@H](CCc1ccc(C)c(O)c1)CC(=O)CCc1ccc(O)cc1.CO[C@@H](CCc1ccc(O)c(O)c1)CC(=O)CCc1ccc(O)c(O)c1.CO[C@@H](CCc1ccc(O)cc1)CC(=O)CCc1ccc(O)c(O)c1.O=C(CCc1ccc(O)c(O)c1)C[C@@H](O)CCc1ccc(O)c(O)c1. The normalized spacial score (nSPS) is 12.0. The largest absolute Gasteiger partial charge is 0.508 e. The summed E-state index contributed by atoms with van der Waals surface area (Å²) in [6.45, 7) is 1.86. The molecule has 0 aromatic heterocycles. The number of hydrogen-bond acceptors (Lipinski definition) is 21. The van der Waals surface area contributed by atoms with Gasteiger partial charge in [0.2, 0.25) is 0 Å². The third kappa shape index (κ3) is 30.8. The minimum absolute atomic E-state index is 0.0358. The van der Waals surface area contributed by atoms with Gasteiger partial charge < -0.3 is 85.7 Å². The summed E-state index contributed by atoms with van der Waals surface area (Å²) < 4.78 is 16.2. The number of aromatic hydroxyl groups is 13. The Morgan fingerprint density at radius 3 is 0.792 bits per heavy atom. The van der Waals surface area contributed by atoms with Crippen molar-refractivity contribution >= 4 is 23.1 Å². The van der Waals surface area contributed by atoms with Gasteiger partial charge in [-0.15, -0.1) is 0 Å². The van der Waals surface area contributed by atoms with E-state index < -0.39 is 6.10 Å². The van der Waals surface area contributed by atoms with Gasteiger partial charge in [-0.05, 0) is 225 Å². The molecule has 0 radical (unpaired) electrons. The molecular formula is C80H96O21. The van der Waals surface area contributed by atoms with E-state index in [-0.39, 0.29) is 130 Å². The lowest BCUT2D eigenvalue weighted by Gasteiger charge is -2.15. The molecule has 101 heavy (non-hydrogen) atoms. The number of hydrogen-bond donors (Lipinski definition) is 14. The third-order valence-electron chi connectivity index (χ3n) is 17.0. The van der Waals surface area contributed by atoms with E-state index in [9.17, 15) is 90.7 Å². The third-order valence-corrected chi connectivity index (χ3v) is 17.0. The van der Waals surface area contributed by atoms with Crippen LogP contribution in [0, 0.1) is 6.92 Å². The molecule has 0 spiro atoms. The highest BCUT2D eigenvalue weighted by atomic mass is 16.5. The van der Waals surface area contributed by atoms with E-state index in [4.69, 9.17) is 14.2 Å². The lowest BCUT2D eigenvalue weighted by Crippen LogP contribution is -2.17. The van der Waals surface area contributed by atoms with Crippen molar-refractivity contribution in [1.82, 2.24) is 0 Å². The van der Waals surface area contributed by atoms with Crippen molar-refractivity contribution in [2.75, 3.05) is 21.3 Å². The Hall–Kier alpha value is -10.3. The molecule has 0 aliphatic carbocycles. The fourth-order valence-electron chi connectivity index (χ4n) is 10.7. The molecule has 0 saturated heterocycles. The van der Waals surface area contributed by atoms with Crippen molar-refractivity contribution < 1.29 is 105 Å². The fraction of sp³-hybridized carbons (Fsp3) is 0.350. The predicted octanol–water partition coefficient (Wildman–Crippen LogP) is 12.7. The number of carbonyl (C=O) groups is 4. The van der Waals surface area contributed by atoms with Gasteiger partial charge in [0.1, 0.15) is 40.4 Å². The number of methoxy groups -OCH3 is 3. The van der Waals surface area contributed by atoms with Crippen molar-refractivity contribution in [2.24, 2.45) is 0 Å². The van der Waals surface area contributed by atoms with Crippen molar-refractivity contribution in [3.8, 4) is 74.7 Å². The minimum Gasteiger partial charge on any atom is -0.508 e. The van der Waals surface area contributed by atoms with E-state index in [0.29, 0.717) is 89.2 Å². The molecule has 8 rings (SSSR count). The quantitative estimate of drug-likeness (QED) is 0.0164. The Balaban J connectivity index is 0.000000243. The van der Waals surface area contributed by atoms with Gasteiger partial charge in [0.25, 0.3) is 0 Å². The van der Waals surface area contributed by atoms with Gasteiger partial charge in [-0.3, -0.25) is 19.2 Å². The van der Waals surface area contributed by atoms with Gasteiger partial charge >= 0.3 is 0 Å². The molecule has 8 aromatic rings. The second-order valence-electron chi connectivity index (χ2n) is 24.9. The molecule has 14 N–H and O–H groups in total. The van der Waals surface area contributed by atoms with Crippen LogP contribution in [0.1, 0.15) is 127 Å². The first-order chi connectivity index (χ1) is 48.2. The second kappa shape index (κ2) is 42.6. The fourth-order valence-corrected chi connectivity index (χ4v) is 10.7. The molecule has 0 bridgehead atoms. The monoisotopic (exact) mass is 1390 g/mol. The van der Waals surface area contributed by atoms with Crippen LogP contribution in [0.15, 0.2) is 158 Å². The average molecular weight is 1390 g/mol. The summed E-state index contributed by atoms with van der Waals surface area (Å²) in [5.41, 5.74) is 7.97. The number of phenolic OH excluding ortho intramolecular Hbond substituents is 13. The van der Waals surface area contributed by atoms with Crippen LogP contribution in [0.4, 0.5) is 0 Å². The molecule has 0 fully saturated rings. The number of phenols is 13. The maximum atomic E-state index is 12.2. The molecule has 21 nitrogen and oxygen atoms in total. The van der Waals surface area contributed by atoms with E-state index in [1.165, 1.54) is 60.7 Å². The van der Waals surface area contributed by atoms with E-state index in [2.05, 4.69) is 0 Å². The number of ether oxygens (including phenoxy) is 3. The summed E-state index contributed by atoms with van der Waals surface area (Å²) in [6, 6.07) is 42.3. The van der Waals surface area contributed by atoms with E-state index >= 15 is 0 Å².